The lowest BCUT2D eigenvalue weighted by molar-refractivity contribution is 0.0696. The number of carbonyl (C=O) groups is 1. The number of carboxylic acids is 1. The van der Waals surface area contributed by atoms with Crippen LogP contribution in [0.15, 0.2) is 36.4 Å². The number of aromatic carboxylic acids is 1. The van der Waals surface area contributed by atoms with Gasteiger partial charge in [0.2, 0.25) is 5.88 Å². The van der Waals surface area contributed by atoms with Gasteiger partial charge in [-0.2, -0.15) is 0 Å². The van der Waals surface area contributed by atoms with Gasteiger partial charge in [-0.05, 0) is 36.2 Å². The summed E-state index contributed by atoms with van der Waals surface area (Å²) in [7, 11) is 0. The van der Waals surface area contributed by atoms with Gasteiger partial charge in [-0.25, -0.2) is 9.78 Å². The van der Waals surface area contributed by atoms with Crippen molar-refractivity contribution in [3.05, 3.63) is 52.7 Å². The summed E-state index contributed by atoms with van der Waals surface area (Å²) in [6.07, 6.45) is 0. The van der Waals surface area contributed by atoms with E-state index >= 15 is 0 Å². The van der Waals surface area contributed by atoms with Crippen molar-refractivity contribution in [2.24, 2.45) is 0 Å². The Balaban J connectivity index is 2.35. The number of rotatable bonds is 4. The molecule has 0 aliphatic heterocycles. The van der Waals surface area contributed by atoms with Crippen molar-refractivity contribution >= 4 is 17.6 Å². The zero-order valence-corrected chi connectivity index (χ0v) is 11.9. The standard InChI is InChI=1S/C15H14ClNO3/c1-9(2)13-7-10(15(18)19)8-14(17-13)20-12-5-3-11(16)4-6-12/h3-9H,1-2H3,(H,18,19). The van der Waals surface area contributed by atoms with Crippen molar-refractivity contribution in [1.82, 2.24) is 4.98 Å². The van der Waals surface area contributed by atoms with Gasteiger partial charge < -0.3 is 9.84 Å². The van der Waals surface area contributed by atoms with E-state index in [-0.39, 0.29) is 17.4 Å². The van der Waals surface area contributed by atoms with Crippen molar-refractivity contribution in [1.29, 1.82) is 0 Å². The van der Waals surface area contributed by atoms with Gasteiger partial charge in [0.15, 0.2) is 0 Å². The number of ether oxygens (including phenoxy) is 1. The fourth-order valence-corrected chi connectivity index (χ4v) is 1.75. The van der Waals surface area contributed by atoms with Crippen LogP contribution in [-0.4, -0.2) is 16.1 Å². The molecule has 2 aromatic rings. The summed E-state index contributed by atoms with van der Waals surface area (Å²) in [4.78, 5) is 15.4. The Hall–Kier alpha value is -2.07. The molecule has 20 heavy (non-hydrogen) atoms. The molecule has 1 aromatic carbocycles. The molecule has 0 amide bonds. The highest BCUT2D eigenvalue weighted by Gasteiger charge is 2.12. The van der Waals surface area contributed by atoms with Crippen LogP contribution in [0, 0.1) is 0 Å². The van der Waals surface area contributed by atoms with E-state index < -0.39 is 5.97 Å². The Morgan fingerprint density at radius 2 is 1.90 bits per heavy atom. The maximum atomic E-state index is 11.1. The van der Waals surface area contributed by atoms with Crippen LogP contribution in [0.25, 0.3) is 0 Å². The summed E-state index contributed by atoms with van der Waals surface area (Å²) in [6, 6.07) is 9.76. The first kappa shape index (κ1) is 14.3. The highest BCUT2D eigenvalue weighted by Crippen LogP contribution is 2.25. The van der Waals surface area contributed by atoms with Crippen LogP contribution in [0.1, 0.15) is 35.8 Å². The minimum atomic E-state index is -1.00. The minimum absolute atomic E-state index is 0.113. The molecule has 1 aromatic heterocycles. The summed E-state index contributed by atoms with van der Waals surface area (Å²) >= 11 is 5.80. The summed E-state index contributed by atoms with van der Waals surface area (Å²) in [5.74, 6) is -0.0767. The van der Waals surface area contributed by atoms with E-state index in [2.05, 4.69) is 4.98 Å². The van der Waals surface area contributed by atoms with Crippen molar-refractivity contribution in [3.8, 4) is 11.6 Å². The number of hydrogen-bond donors (Lipinski definition) is 1. The lowest BCUT2D eigenvalue weighted by Gasteiger charge is -2.10. The van der Waals surface area contributed by atoms with Crippen LogP contribution in [0.2, 0.25) is 5.02 Å². The first-order valence-electron chi connectivity index (χ1n) is 6.14. The quantitative estimate of drug-likeness (QED) is 0.910. The molecule has 0 aliphatic rings. The molecule has 0 radical (unpaired) electrons. The third-order valence-corrected chi connectivity index (χ3v) is 2.95. The first-order valence-corrected chi connectivity index (χ1v) is 6.52. The lowest BCUT2D eigenvalue weighted by atomic mass is 10.1. The second-order valence-corrected chi connectivity index (χ2v) is 5.07. The number of aromatic nitrogens is 1. The smallest absolute Gasteiger partial charge is 0.335 e. The number of carboxylic acid groups (broad SMARTS) is 1. The zero-order chi connectivity index (χ0) is 14.7. The average molecular weight is 292 g/mol. The number of pyridine rings is 1. The fourth-order valence-electron chi connectivity index (χ4n) is 1.62. The number of halogens is 1. The number of benzene rings is 1. The van der Waals surface area contributed by atoms with Gasteiger partial charge in [0.05, 0.1) is 5.56 Å². The summed E-state index contributed by atoms with van der Waals surface area (Å²) in [5, 5.41) is 9.72. The Labute approximate surface area is 122 Å². The predicted octanol–water partition coefficient (Wildman–Crippen LogP) is 4.35. The second-order valence-electron chi connectivity index (χ2n) is 4.63. The molecule has 104 valence electrons. The van der Waals surface area contributed by atoms with E-state index in [0.29, 0.717) is 16.5 Å². The lowest BCUT2D eigenvalue weighted by Crippen LogP contribution is -2.03. The maximum absolute atomic E-state index is 11.1. The van der Waals surface area contributed by atoms with Gasteiger partial charge in [0, 0.05) is 16.8 Å². The van der Waals surface area contributed by atoms with Gasteiger partial charge >= 0.3 is 5.97 Å². The Morgan fingerprint density at radius 1 is 1.25 bits per heavy atom. The molecule has 0 unspecified atom stereocenters. The van der Waals surface area contributed by atoms with Crippen LogP contribution in [0.4, 0.5) is 0 Å². The molecule has 1 N–H and O–H groups in total. The van der Waals surface area contributed by atoms with Crippen LogP contribution in [0.5, 0.6) is 11.6 Å². The van der Waals surface area contributed by atoms with Crippen molar-refractivity contribution in [2.45, 2.75) is 19.8 Å². The van der Waals surface area contributed by atoms with Crippen LogP contribution >= 0.6 is 11.6 Å². The Bertz CT molecular complexity index is 624. The average Bonchev–Trinajstić information content (AvgIpc) is 2.41. The molecule has 0 fully saturated rings. The Morgan fingerprint density at radius 3 is 2.45 bits per heavy atom. The number of nitrogens with zero attached hydrogens (tertiary/aromatic N) is 1. The maximum Gasteiger partial charge on any atom is 0.335 e. The normalized spacial score (nSPS) is 10.6. The SMILES string of the molecule is CC(C)c1cc(C(=O)O)cc(Oc2ccc(Cl)cc2)n1. The van der Waals surface area contributed by atoms with E-state index in [9.17, 15) is 4.79 Å². The molecule has 0 spiro atoms. The predicted molar refractivity (Wildman–Crippen MR) is 76.8 cm³/mol. The van der Waals surface area contributed by atoms with Gasteiger partial charge in [-0.3, -0.25) is 0 Å². The Kier molecular flexibility index (Phi) is 4.25. The number of hydrogen-bond acceptors (Lipinski definition) is 3. The van der Waals surface area contributed by atoms with E-state index in [1.807, 2.05) is 13.8 Å². The largest absolute Gasteiger partial charge is 0.478 e. The molecule has 0 saturated carbocycles. The molecule has 0 aliphatic carbocycles. The van der Waals surface area contributed by atoms with Gasteiger partial charge in [0.1, 0.15) is 5.75 Å². The van der Waals surface area contributed by atoms with Gasteiger partial charge in [-0.1, -0.05) is 25.4 Å². The first-order chi connectivity index (χ1) is 9.45. The highest BCUT2D eigenvalue weighted by atomic mass is 35.5. The van der Waals surface area contributed by atoms with E-state index in [0.717, 1.165) is 0 Å². The summed E-state index contributed by atoms with van der Waals surface area (Å²) < 4.78 is 5.58. The van der Waals surface area contributed by atoms with E-state index in [4.69, 9.17) is 21.4 Å². The van der Waals surface area contributed by atoms with Crippen LogP contribution < -0.4 is 4.74 Å². The summed E-state index contributed by atoms with van der Waals surface area (Å²) in [6.45, 7) is 3.89. The van der Waals surface area contributed by atoms with Crippen LogP contribution in [-0.2, 0) is 0 Å². The van der Waals surface area contributed by atoms with E-state index in [1.165, 1.54) is 6.07 Å². The molecule has 5 heteroatoms. The molecule has 0 saturated heterocycles. The topological polar surface area (TPSA) is 59.4 Å². The molecule has 1 heterocycles. The second kappa shape index (κ2) is 5.92. The molecular weight excluding hydrogens is 278 g/mol. The molecule has 0 bridgehead atoms. The van der Waals surface area contributed by atoms with Crippen molar-refractivity contribution in [2.75, 3.05) is 0 Å². The highest BCUT2D eigenvalue weighted by molar-refractivity contribution is 6.30. The third-order valence-electron chi connectivity index (χ3n) is 2.70. The zero-order valence-electron chi connectivity index (χ0n) is 11.1. The summed E-state index contributed by atoms with van der Waals surface area (Å²) in [5.41, 5.74) is 0.835. The van der Waals surface area contributed by atoms with Gasteiger partial charge in [-0.15, -0.1) is 0 Å². The fraction of sp³-hybridized carbons (Fsp3) is 0.200. The van der Waals surface area contributed by atoms with Crippen molar-refractivity contribution < 1.29 is 14.6 Å². The van der Waals surface area contributed by atoms with Crippen LogP contribution in [0.3, 0.4) is 0 Å². The molecule has 2 rings (SSSR count). The van der Waals surface area contributed by atoms with E-state index in [1.54, 1.807) is 30.3 Å². The van der Waals surface area contributed by atoms with Crippen molar-refractivity contribution in [3.63, 3.8) is 0 Å². The minimum Gasteiger partial charge on any atom is -0.478 e. The molecular formula is C15H14ClNO3. The monoisotopic (exact) mass is 291 g/mol. The molecule has 4 nitrogen and oxygen atoms in total. The molecule has 0 atom stereocenters. The third kappa shape index (κ3) is 3.48. The van der Waals surface area contributed by atoms with Gasteiger partial charge in [0.25, 0.3) is 0 Å².